The first-order chi connectivity index (χ1) is 10.5. The van der Waals surface area contributed by atoms with E-state index in [2.05, 4.69) is 15.3 Å². The van der Waals surface area contributed by atoms with E-state index in [1.54, 1.807) is 19.3 Å². The van der Waals surface area contributed by atoms with Gasteiger partial charge in [0.1, 0.15) is 17.1 Å². The van der Waals surface area contributed by atoms with Crippen molar-refractivity contribution in [2.75, 3.05) is 6.54 Å². The Bertz CT molecular complexity index is 788. The third kappa shape index (κ3) is 2.75. The number of imidazole rings is 1. The Morgan fingerprint density at radius 1 is 1.36 bits per heavy atom. The summed E-state index contributed by atoms with van der Waals surface area (Å²) in [5.74, 6) is 2.23. The summed E-state index contributed by atoms with van der Waals surface area (Å²) in [5.41, 5.74) is 0.830. The van der Waals surface area contributed by atoms with E-state index in [0.717, 1.165) is 22.8 Å². The SMILES string of the molecule is Cc1cc(C(C)(O)CNCc2cnc3ncccn23)c(C)o1. The molecule has 1 atom stereocenters. The lowest BCUT2D eigenvalue weighted by atomic mass is 9.96. The van der Waals surface area contributed by atoms with Crippen LogP contribution in [0.4, 0.5) is 0 Å². The Labute approximate surface area is 128 Å². The van der Waals surface area contributed by atoms with Gasteiger partial charge in [-0.15, -0.1) is 0 Å². The van der Waals surface area contributed by atoms with Crippen LogP contribution in [0.3, 0.4) is 0 Å². The molecule has 2 N–H and O–H groups in total. The molecular formula is C16H20N4O2. The molecule has 0 aliphatic carbocycles. The summed E-state index contributed by atoms with van der Waals surface area (Å²) < 4.78 is 7.43. The summed E-state index contributed by atoms with van der Waals surface area (Å²) in [6, 6.07) is 3.75. The first-order valence-corrected chi connectivity index (χ1v) is 7.25. The van der Waals surface area contributed by atoms with Crippen LogP contribution in [0.5, 0.6) is 0 Å². The predicted molar refractivity (Wildman–Crippen MR) is 82.4 cm³/mol. The van der Waals surface area contributed by atoms with E-state index in [9.17, 15) is 5.11 Å². The van der Waals surface area contributed by atoms with Crippen molar-refractivity contribution in [3.8, 4) is 0 Å². The molecule has 0 fully saturated rings. The van der Waals surface area contributed by atoms with Gasteiger partial charge < -0.3 is 14.8 Å². The number of aromatic nitrogens is 3. The molecule has 6 nitrogen and oxygen atoms in total. The number of rotatable bonds is 5. The molecule has 3 rings (SSSR count). The van der Waals surface area contributed by atoms with Crippen LogP contribution in [0.25, 0.3) is 5.78 Å². The van der Waals surface area contributed by atoms with Gasteiger partial charge in [-0.1, -0.05) is 0 Å². The second-order valence-corrected chi connectivity index (χ2v) is 5.74. The number of fused-ring (bicyclic) bond motifs is 1. The Morgan fingerprint density at radius 3 is 2.91 bits per heavy atom. The maximum Gasteiger partial charge on any atom is 0.233 e. The molecule has 1 unspecified atom stereocenters. The van der Waals surface area contributed by atoms with Gasteiger partial charge in [-0.25, -0.2) is 9.97 Å². The fourth-order valence-corrected chi connectivity index (χ4v) is 2.70. The standard InChI is InChI=1S/C16H20N4O2/c1-11-7-14(12(2)22-11)16(3,21)10-17-8-13-9-19-15-18-5-4-6-20(13)15/h4-7,9,17,21H,8,10H2,1-3H3. The number of hydrogen-bond donors (Lipinski definition) is 2. The summed E-state index contributed by atoms with van der Waals surface area (Å²) in [5, 5.41) is 13.9. The molecule has 22 heavy (non-hydrogen) atoms. The monoisotopic (exact) mass is 300 g/mol. The zero-order valence-corrected chi connectivity index (χ0v) is 13.0. The third-order valence-electron chi connectivity index (χ3n) is 3.76. The van der Waals surface area contributed by atoms with Gasteiger partial charge in [-0.05, 0) is 32.9 Å². The Kier molecular flexibility index (Phi) is 3.72. The molecule has 0 radical (unpaired) electrons. The van der Waals surface area contributed by atoms with Crippen LogP contribution in [0.15, 0.2) is 35.1 Å². The lowest BCUT2D eigenvalue weighted by Crippen LogP contribution is -2.35. The number of nitrogens with zero attached hydrogens (tertiary/aromatic N) is 3. The lowest BCUT2D eigenvalue weighted by Gasteiger charge is -2.23. The number of aryl methyl sites for hydroxylation is 2. The van der Waals surface area contributed by atoms with Crippen LogP contribution in [0.1, 0.15) is 29.7 Å². The molecule has 0 amide bonds. The third-order valence-corrected chi connectivity index (χ3v) is 3.76. The van der Waals surface area contributed by atoms with E-state index in [1.165, 1.54) is 0 Å². The quantitative estimate of drug-likeness (QED) is 0.753. The van der Waals surface area contributed by atoms with E-state index in [4.69, 9.17) is 4.42 Å². The fraction of sp³-hybridized carbons (Fsp3) is 0.375. The summed E-state index contributed by atoms with van der Waals surface area (Å²) in [4.78, 5) is 8.43. The van der Waals surface area contributed by atoms with Crippen LogP contribution in [0, 0.1) is 13.8 Å². The number of nitrogens with one attached hydrogen (secondary N) is 1. The van der Waals surface area contributed by atoms with Crippen LogP contribution in [0.2, 0.25) is 0 Å². The second-order valence-electron chi connectivity index (χ2n) is 5.74. The van der Waals surface area contributed by atoms with Crippen LogP contribution in [-0.2, 0) is 12.1 Å². The van der Waals surface area contributed by atoms with Crippen LogP contribution >= 0.6 is 0 Å². The smallest absolute Gasteiger partial charge is 0.233 e. The minimum atomic E-state index is -0.986. The maximum absolute atomic E-state index is 10.7. The minimum Gasteiger partial charge on any atom is -0.466 e. The predicted octanol–water partition coefficient (Wildman–Crippen LogP) is 1.94. The average Bonchev–Trinajstić information content (AvgIpc) is 3.03. The summed E-state index contributed by atoms with van der Waals surface area (Å²) in [6.07, 6.45) is 5.43. The molecule has 3 aromatic rings. The summed E-state index contributed by atoms with van der Waals surface area (Å²) in [6.45, 7) is 6.55. The highest BCUT2D eigenvalue weighted by Gasteiger charge is 2.27. The summed E-state index contributed by atoms with van der Waals surface area (Å²) >= 11 is 0. The minimum absolute atomic E-state index is 0.417. The molecule has 0 saturated heterocycles. The van der Waals surface area contributed by atoms with Crippen molar-refractivity contribution in [2.45, 2.75) is 32.9 Å². The largest absolute Gasteiger partial charge is 0.466 e. The van der Waals surface area contributed by atoms with Gasteiger partial charge in [0.05, 0.1) is 11.9 Å². The highest BCUT2D eigenvalue weighted by Crippen LogP contribution is 2.26. The zero-order chi connectivity index (χ0) is 15.7. The van der Waals surface area contributed by atoms with Crippen molar-refractivity contribution in [3.05, 3.63) is 53.5 Å². The van der Waals surface area contributed by atoms with Crippen molar-refractivity contribution in [3.63, 3.8) is 0 Å². The molecule has 3 aromatic heterocycles. The molecule has 116 valence electrons. The molecule has 6 heteroatoms. The van der Waals surface area contributed by atoms with Gasteiger partial charge in [0.25, 0.3) is 0 Å². The van der Waals surface area contributed by atoms with Crippen LogP contribution in [-0.4, -0.2) is 26.0 Å². The Hall–Kier alpha value is -2.18. The molecule has 0 aromatic carbocycles. The maximum atomic E-state index is 10.7. The van der Waals surface area contributed by atoms with Gasteiger partial charge in [0.15, 0.2) is 0 Å². The molecule has 0 saturated carbocycles. The van der Waals surface area contributed by atoms with Gasteiger partial charge in [-0.3, -0.25) is 4.40 Å². The number of furan rings is 1. The van der Waals surface area contributed by atoms with Gasteiger partial charge in [0.2, 0.25) is 5.78 Å². The van der Waals surface area contributed by atoms with E-state index < -0.39 is 5.60 Å². The van der Waals surface area contributed by atoms with Gasteiger partial charge >= 0.3 is 0 Å². The highest BCUT2D eigenvalue weighted by molar-refractivity contribution is 5.30. The molecule has 0 bridgehead atoms. The Balaban J connectivity index is 1.68. The van der Waals surface area contributed by atoms with Gasteiger partial charge in [-0.2, -0.15) is 0 Å². The second kappa shape index (κ2) is 5.55. The first-order valence-electron chi connectivity index (χ1n) is 7.25. The molecule has 0 aliphatic heterocycles. The van der Waals surface area contributed by atoms with Crippen molar-refractivity contribution in [1.82, 2.24) is 19.7 Å². The fourth-order valence-electron chi connectivity index (χ4n) is 2.70. The van der Waals surface area contributed by atoms with E-state index in [-0.39, 0.29) is 0 Å². The first kappa shape index (κ1) is 14.7. The number of hydrogen-bond acceptors (Lipinski definition) is 5. The topological polar surface area (TPSA) is 75.6 Å². The molecule has 0 spiro atoms. The van der Waals surface area contributed by atoms with E-state index in [1.807, 2.05) is 36.6 Å². The van der Waals surface area contributed by atoms with Crippen molar-refractivity contribution in [2.24, 2.45) is 0 Å². The highest BCUT2D eigenvalue weighted by atomic mass is 16.3. The number of aliphatic hydroxyl groups is 1. The molecular weight excluding hydrogens is 280 g/mol. The molecule has 0 aliphatic rings. The van der Waals surface area contributed by atoms with Crippen molar-refractivity contribution in [1.29, 1.82) is 0 Å². The van der Waals surface area contributed by atoms with E-state index >= 15 is 0 Å². The van der Waals surface area contributed by atoms with E-state index in [0.29, 0.717) is 18.9 Å². The average molecular weight is 300 g/mol. The van der Waals surface area contributed by atoms with Crippen molar-refractivity contribution < 1.29 is 9.52 Å². The molecule has 3 heterocycles. The normalized spacial score (nSPS) is 14.4. The lowest BCUT2D eigenvalue weighted by molar-refractivity contribution is 0.0551. The summed E-state index contributed by atoms with van der Waals surface area (Å²) in [7, 11) is 0. The Morgan fingerprint density at radius 2 is 2.18 bits per heavy atom. The van der Waals surface area contributed by atoms with Crippen molar-refractivity contribution >= 4 is 5.78 Å². The zero-order valence-electron chi connectivity index (χ0n) is 13.0. The van der Waals surface area contributed by atoms with Crippen LogP contribution < -0.4 is 5.32 Å². The van der Waals surface area contributed by atoms with Gasteiger partial charge in [0, 0.05) is 31.0 Å².